The molecule has 0 saturated heterocycles. The van der Waals surface area contributed by atoms with Gasteiger partial charge < -0.3 is 10.6 Å². The molecule has 134 valence electrons. The van der Waals surface area contributed by atoms with Gasteiger partial charge in [0.1, 0.15) is 5.82 Å². The zero-order chi connectivity index (χ0) is 18.3. The molecule has 7 nitrogen and oxygen atoms in total. The summed E-state index contributed by atoms with van der Waals surface area (Å²) >= 11 is 0. The van der Waals surface area contributed by atoms with Gasteiger partial charge in [-0.15, -0.1) is 0 Å². The van der Waals surface area contributed by atoms with Crippen LogP contribution >= 0.6 is 0 Å². The molecule has 0 spiro atoms. The SMILES string of the molecule is Cc1ccc(F)c(NC(=O)CCC(=O)NCCN(C)S(C)(=O)=O)c1. The van der Waals surface area contributed by atoms with Crippen molar-refractivity contribution in [2.45, 2.75) is 19.8 Å². The Morgan fingerprint density at radius 1 is 1.21 bits per heavy atom. The fourth-order valence-corrected chi connectivity index (χ4v) is 2.20. The minimum absolute atomic E-state index is 0.0676. The summed E-state index contributed by atoms with van der Waals surface area (Å²) in [6, 6.07) is 4.36. The van der Waals surface area contributed by atoms with E-state index in [-0.39, 0.29) is 37.5 Å². The van der Waals surface area contributed by atoms with Crippen molar-refractivity contribution in [3.8, 4) is 0 Å². The van der Waals surface area contributed by atoms with Gasteiger partial charge in [-0.25, -0.2) is 17.1 Å². The smallest absolute Gasteiger partial charge is 0.224 e. The van der Waals surface area contributed by atoms with E-state index in [4.69, 9.17) is 0 Å². The number of sulfonamides is 1. The Morgan fingerprint density at radius 3 is 2.46 bits per heavy atom. The number of rotatable bonds is 8. The Balaban J connectivity index is 2.34. The molecule has 0 bridgehead atoms. The molecule has 1 aromatic carbocycles. The first kappa shape index (κ1) is 20.0. The first-order valence-corrected chi connectivity index (χ1v) is 9.18. The van der Waals surface area contributed by atoms with E-state index < -0.39 is 21.7 Å². The van der Waals surface area contributed by atoms with Crippen LogP contribution < -0.4 is 10.6 Å². The van der Waals surface area contributed by atoms with E-state index in [1.807, 2.05) is 0 Å². The standard InChI is InChI=1S/C15H22FN3O4S/c1-11-4-5-12(16)13(10-11)18-15(21)7-6-14(20)17-8-9-19(2)24(3,22)23/h4-5,10H,6-9H2,1-3H3,(H,17,20)(H,18,21). The van der Waals surface area contributed by atoms with Gasteiger partial charge in [-0.1, -0.05) is 6.07 Å². The number of likely N-dealkylation sites (N-methyl/N-ethyl adjacent to an activating group) is 1. The number of carbonyl (C=O) groups is 2. The minimum Gasteiger partial charge on any atom is -0.355 e. The Kier molecular flexibility index (Phi) is 7.30. The first-order valence-electron chi connectivity index (χ1n) is 7.33. The molecule has 9 heteroatoms. The predicted octanol–water partition coefficient (Wildman–Crippen LogP) is 0.860. The molecule has 0 saturated carbocycles. The number of halogens is 1. The van der Waals surface area contributed by atoms with Crippen LogP contribution in [0.15, 0.2) is 18.2 Å². The Labute approximate surface area is 141 Å². The van der Waals surface area contributed by atoms with Crippen molar-refractivity contribution in [2.75, 3.05) is 31.7 Å². The lowest BCUT2D eigenvalue weighted by atomic mass is 10.2. The quantitative estimate of drug-likeness (QED) is 0.720. The van der Waals surface area contributed by atoms with Crippen molar-refractivity contribution in [1.82, 2.24) is 9.62 Å². The number of amides is 2. The third kappa shape index (κ3) is 7.05. The summed E-state index contributed by atoms with van der Waals surface area (Å²) in [7, 11) is -1.88. The lowest BCUT2D eigenvalue weighted by molar-refractivity contribution is -0.124. The van der Waals surface area contributed by atoms with Gasteiger partial charge >= 0.3 is 0 Å². The summed E-state index contributed by atoms with van der Waals surface area (Å²) in [4.78, 5) is 23.4. The molecule has 0 aliphatic carbocycles. The van der Waals surface area contributed by atoms with Crippen molar-refractivity contribution in [3.63, 3.8) is 0 Å². The molecular weight excluding hydrogens is 337 g/mol. The molecule has 0 aliphatic heterocycles. The topological polar surface area (TPSA) is 95.6 Å². The molecule has 0 aliphatic rings. The fraction of sp³-hybridized carbons (Fsp3) is 0.467. The van der Waals surface area contributed by atoms with Crippen molar-refractivity contribution >= 4 is 27.5 Å². The van der Waals surface area contributed by atoms with Gasteiger partial charge in [0, 0.05) is 33.0 Å². The van der Waals surface area contributed by atoms with Crippen LogP contribution in [-0.2, 0) is 19.6 Å². The highest BCUT2D eigenvalue weighted by atomic mass is 32.2. The second-order valence-corrected chi connectivity index (χ2v) is 7.56. The Morgan fingerprint density at radius 2 is 1.83 bits per heavy atom. The van der Waals surface area contributed by atoms with Crippen molar-refractivity contribution < 1.29 is 22.4 Å². The molecule has 0 fully saturated rings. The first-order chi connectivity index (χ1) is 11.1. The number of nitrogens with zero attached hydrogens (tertiary/aromatic N) is 1. The van der Waals surface area contributed by atoms with Crippen LogP contribution in [0.1, 0.15) is 18.4 Å². The minimum atomic E-state index is -3.29. The average Bonchev–Trinajstić information content (AvgIpc) is 2.48. The van der Waals surface area contributed by atoms with Crippen LogP contribution in [0.2, 0.25) is 0 Å². The number of aryl methyl sites for hydroxylation is 1. The third-order valence-electron chi connectivity index (χ3n) is 3.29. The molecular formula is C15H22FN3O4S. The zero-order valence-corrected chi connectivity index (χ0v) is 14.7. The molecule has 1 aromatic rings. The van der Waals surface area contributed by atoms with Gasteiger partial charge in [0.25, 0.3) is 0 Å². The van der Waals surface area contributed by atoms with Gasteiger partial charge in [0.2, 0.25) is 21.8 Å². The monoisotopic (exact) mass is 359 g/mol. The zero-order valence-electron chi connectivity index (χ0n) is 13.9. The predicted molar refractivity (Wildman–Crippen MR) is 89.5 cm³/mol. The van der Waals surface area contributed by atoms with Crippen LogP contribution in [0.25, 0.3) is 0 Å². The molecule has 2 amide bonds. The van der Waals surface area contributed by atoms with Crippen LogP contribution in [0.4, 0.5) is 10.1 Å². The molecule has 0 aromatic heterocycles. The highest BCUT2D eigenvalue weighted by Gasteiger charge is 2.12. The number of nitrogens with one attached hydrogen (secondary N) is 2. The molecule has 0 radical (unpaired) electrons. The fourth-order valence-electron chi connectivity index (χ4n) is 1.78. The maximum Gasteiger partial charge on any atom is 0.224 e. The van der Waals surface area contributed by atoms with E-state index in [1.165, 1.54) is 19.2 Å². The highest BCUT2D eigenvalue weighted by molar-refractivity contribution is 7.88. The second kappa shape index (κ2) is 8.74. The normalized spacial score (nSPS) is 11.4. The highest BCUT2D eigenvalue weighted by Crippen LogP contribution is 2.15. The van der Waals surface area contributed by atoms with Crippen LogP contribution in [0, 0.1) is 12.7 Å². The summed E-state index contributed by atoms with van der Waals surface area (Å²) in [6.07, 6.45) is 0.909. The third-order valence-corrected chi connectivity index (χ3v) is 4.60. The number of carbonyl (C=O) groups excluding carboxylic acids is 2. The van der Waals surface area contributed by atoms with E-state index in [0.29, 0.717) is 0 Å². The van der Waals surface area contributed by atoms with Crippen molar-refractivity contribution in [1.29, 1.82) is 0 Å². The summed E-state index contributed by atoms with van der Waals surface area (Å²) in [5.74, 6) is -1.39. The lowest BCUT2D eigenvalue weighted by Crippen LogP contribution is -2.35. The van der Waals surface area contributed by atoms with E-state index in [0.717, 1.165) is 16.1 Å². The molecule has 2 N–H and O–H groups in total. The second-order valence-electron chi connectivity index (χ2n) is 5.47. The summed E-state index contributed by atoms with van der Waals surface area (Å²) < 4.78 is 37.0. The largest absolute Gasteiger partial charge is 0.355 e. The maximum absolute atomic E-state index is 13.5. The summed E-state index contributed by atoms with van der Waals surface area (Å²) in [5.41, 5.74) is 0.884. The van der Waals surface area contributed by atoms with Crippen LogP contribution in [0.5, 0.6) is 0 Å². The molecule has 0 atom stereocenters. The number of benzene rings is 1. The molecule has 0 unspecified atom stereocenters. The summed E-state index contributed by atoms with van der Waals surface area (Å²) in [6.45, 7) is 2.07. The number of hydrogen-bond acceptors (Lipinski definition) is 4. The number of anilines is 1. The van der Waals surface area contributed by atoms with Gasteiger partial charge in [-0.2, -0.15) is 0 Å². The van der Waals surface area contributed by atoms with Crippen LogP contribution in [-0.4, -0.2) is 50.9 Å². The van der Waals surface area contributed by atoms with E-state index in [2.05, 4.69) is 10.6 Å². The number of hydrogen-bond donors (Lipinski definition) is 2. The summed E-state index contributed by atoms with van der Waals surface area (Å²) in [5, 5.41) is 4.95. The van der Waals surface area contributed by atoms with E-state index >= 15 is 0 Å². The van der Waals surface area contributed by atoms with E-state index in [9.17, 15) is 22.4 Å². The lowest BCUT2D eigenvalue weighted by Gasteiger charge is -2.14. The Bertz CT molecular complexity index is 707. The molecule has 0 heterocycles. The van der Waals surface area contributed by atoms with Crippen LogP contribution in [0.3, 0.4) is 0 Å². The van der Waals surface area contributed by atoms with Crippen molar-refractivity contribution in [3.05, 3.63) is 29.6 Å². The molecule has 1 rings (SSSR count). The van der Waals surface area contributed by atoms with Gasteiger partial charge in [0.05, 0.1) is 11.9 Å². The van der Waals surface area contributed by atoms with Crippen molar-refractivity contribution in [2.24, 2.45) is 0 Å². The van der Waals surface area contributed by atoms with Gasteiger partial charge in [-0.05, 0) is 24.6 Å². The Hall–Kier alpha value is -2.00. The van der Waals surface area contributed by atoms with Gasteiger partial charge in [0.15, 0.2) is 0 Å². The van der Waals surface area contributed by atoms with E-state index in [1.54, 1.807) is 13.0 Å². The average molecular weight is 359 g/mol. The molecule has 24 heavy (non-hydrogen) atoms. The maximum atomic E-state index is 13.5. The van der Waals surface area contributed by atoms with Gasteiger partial charge in [-0.3, -0.25) is 9.59 Å².